The maximum Gasteiger partial charge on any atom is 0.166 e. The minimum atomic E-state index is -0.399. The van der Waals surface area contributed by atoms with Gasteiger partial charge in [-0.2, -0.15) is 0 Å². The van der Waals surface area contributed by atoms with Gasteiger partial charge in [-0.25, -0.2) is 0 Å². The van der Waals surface area contributed by atoms with Crippen LogP contribution in [0.4, 0.5) is 0 Å². The van der Waals surface area contributed by atoms with E-state index in [-0.39, 0.29) is 18.0 Å². The van der Waals surface area contributed by atoms with Crippen LogP contribution in [0.15, 0.2) is 0 Å². The summed E-state index contributed by atoms with van der Waals surface area (Å²) in [5.74, 6) is 0.126. The van der Waals surface area contributed by atoms with Crippen molar-refractivity contribution in [2.24, 2.45) is 0 Å². The minimum absolute atomic E-state index is 0.0973. The van der Waals surface area contributed by atoms with E-state index >= 15 is 0 Å². The predicted octanol–water partition coefficient (Wildman–Crippen LogP) is 0.945. The van der Waals surface area contributed by atoms with Gasteiger partial charge in [0.15, 0.2) is 5.78 Å². The third kappa shape index (κ3) is 3.75. The van der Waals surface area contributed by atoms with E-state index in [1.807, 2.05) is 0 Å². The van der Waals surface area contributed by atoms with E-state index in [2.05, 4.69) is 0 Å². The van der Waals surface area contributed by atoms with Gasteiger partial charge in [0.2, 0.25) is 0 Å². The molecule has 3 atom stereocenters. The molecule has 0 bridgehead atoms. The van der Waals surface area contributed by atoms with E-state index in [9.17, 15) is 4.79 Å². The minimum Gasteiger partial charge on any atom is -0.382 e. The summed E-state index contributed by atoms with van der Waals surface area (Å²) in [6.07, 6.45) is 3.55. The van der Waals surface area contributed by atoms with E-state index < -0.39 is 6.10 Å². The van der Waals surface area contributed by atoms with Crippen molar-refractivity contribution in [2.45, 2.75) is 44.0 Å². The van der Waals surface area contributed by atoms with Crippen molar-refractivity contribution in [1.29, 1.82) is 0 Å². The first-order valence-electron chi connectivity index (χ1n) is 6.67. The van der Waals surface area contributed by atoms with E-state index in [0.29, 0.717) is 26.2 Å². The maximum atomic E-state index is 11.4. The second-order valence-corrected chi connectivity index (χ2v) is 4.81. The SMILES string of the molecule is COCCOC1C(=O)CC1OCC1CCCCO1. The number of ether oxygens (including phenoxy) is 4. The Balaban J connectivity index is 1.64. The predicted molar refractivity (Wildman–Crippen MR) is 64.6 cm³/mol. The van der Waals surface area contributed by atoms with Crippen molar-refractivity contribution < 1.29 is 23.7 Å². The second kappa shape index (κ2) is 7.19. The third-order valence-electron chi connectivity index (χ3n) is 3.41. The Morgan fingerprint density at radius 3 is 2.83 bits per heavy atom. The van der Waals surface area contributed by atoms with Gasteiger partial charge < -0.3 is 18.9 Å². The Labute approximate surface area is 108 Å². The molecule has 5 heteroatoms. The number of carbonyl (C=O) groups is 1. The van der Waals surface area contributed by atoms with Crippen molar-refractivity contribution in [1.82, 2.24) is 0 Å². The summed E-state index contributed by atoms with van der Waals surface area (Å²) in [6.45, 7) is 2.34. The summed E-state index contributed by atoms with van der Waals surface area (Å²) in [5, 5.41) is 0. The van der Waals surface area contributed by atoms with Crippen LogP contribution in [-0.4, -0.2) is 57.6 Å². The number of hydrogen-bond donors (Lipinski definition) is 0. The molecule has 104 valence electrons. The molecule has 2 aliphatic rings. The zero-order valence-corrected chi connectivity index (χ0v) is 10.9. The standard InChI is InChI=1S/C13H22O5/c1-15-6-7-17-13-11(14)8-12(13)18-9-10-4-2-3-5-16-10/h10,12-13H,2-9H2,1H3. The van der Waals surface area contributed by atoms with Crippen LogP contribution in [0, 0.1) is 0 Å². The highest BCUT2D eigenvalue weighted by Crippen LogP contribution is 2.24. The lowest BCUT2D eigenvalue weighted by atomic mass is 9.90. The first-order chi connectivity index (χ1) is 8.81. The van der Waals surface area contributed by atoms with Crippen LogP contribution in [0.1, 0.15) is 25.7 Å². The Kier molecular flexibility index (Phi) is 5.56. The highest BCUT2D eigenvalue weighted by molar-refractivity contribution is 5.90. The van der Waals surface area contributed by atoms with Gasteiger partial charge in [0.05, 0.1) is 32.0 Å². The molecule has 5 nitrogen and oxygen atoms in total. The monoisotopic (exact) mass is 258 g/mol. The molecule has 0 aromatic carbocycles. The van der Waals surface area contributed by atoms with Crippen LogP contribution in [0.3, 0.4) is 0 Å². The first-order valence-corrected chi connectivity index (χ1v) is 6.67. The Hall–Kier alpha value is -0.490. The van der Waals surface area contributed by atoms with Crippen molar-refractivity contribution in [3.05, 3.63) is 0 Å². The number of Topliss-reactive ketones (excluding diaryl/α,β-unsaturated/α-hetero) is 1. The summed E-state index contributed by atoms with van der Waals surface area (Å²) in [4.78, 5) is 11.4. The number of rotatable bonds is 7. The Morgan fingerprint density at radius 2 is 2.17 bits per heavy atom. The van der Waals surface area contributed by atoms with Gasteiger partial charge in [0.1, 0.15) is 6.10 Å². The number of methoxy groups -OCH3 is 1. The Morgan fingerprint density at radius 1 is 1.28 bits per heavy atom. The van der Waals surface area contributed by atoms with Gasteiger partial charge >= 0.3 is 0 Å². The van der Waals surface area contributed by atoms with Crippen LogP contribution in [0.25, 0.3) is 0 Å². The average Bonchev–Trinajstić information content (AvgIpc) is 2.40. The van der Waals surface area contributed by atoms with Crippen molar-refractivity contribution in [2.75, 3.05) is 33.5 Å². The molecule has 0 N–H and O–H groups in total. The quantitative estimate of drug-likeness (QED) is 0.636. The molecule has 2 rings (SSSR count). The fourth-order valence-corrected chi connectivity index (χ4v) is 2.24. The lowest BCUT2D eigenvalue weighted by molar-refractivity contribution is -0.174. The molecule has 0 aromatic rings. The fraction of sp³-hybridized carbons (Fsp3) is 0.923. The highest BCUT2D eigenvalue weighted by atomic mass is 16.6. The molecular weight excluding hydrogens is 236 g/mol. The molecule has 0 aromatic heterocycles. The second-order valence-electron chi connectivity index (χ2n) is 4.81. The van der Waals surface area contributed by atoms with Crippen LogP contribution in [0.2, 0.25) is 0 Å². The van der Waals surface area contributed by atoms with E-state index in [1.165, 1.54) is 6.42 Å². The van der Waals surface area contributed by atoms with Crippen LogP contribution in [-0.2, 0) is 23.7 Å². The molecule has 1 saturated heterocycles. The van der Waals surface area contributed by atoms with Gasteiger partial charge in [-0.1, -0.05) is 0 Å². The molecule has 0 radical (unpaired) electrons. The topological polar surface area (TPSA) is 54.0 Å². The zero-order valence-electron chi connectivity index (χ0n) is 10.9. The van der Waals surface area contributed by atoms with E-state index in [4.69, 9.17) is 18.9 Å². The van der Waals surface area contributed by atoms with Gasteiger partial charge in [0, 0.05) is 20.1 Å². The molecule has 0 spiro atoms. The van der Waals surface area contributed by atoms with Crippen LogP contribution < -0.4 is 0 Å². The van der Waals surface area contributed by atoms with Gasteiger partial charge in [-0.15, -0.1) is 0 Å². The van der Waals surface area contributed by atoms with Crippen molar-refractivity contribution in [3.63, 3.8) is 0 Å². The molecular formula is C13H22O5. The summed E-state index contributed by atoms with van der Waals surface area (Å²) >= 11 is 0. The number of carbonyl (C=O) groups excluding carboxylic acids is 1. The highest BCUT2D eigenvalue weighted by Gasteiger charge is 2.41. The Bertz CT molecular complexity index is 262. The molecule has 18 heavy (non-hydrogen) atoms. The van der Waals surface area contributed by atoms with Crippen molar-refractivity contribution >= 4 is 5.78 Å². The fourth-order valence-electron chi connectivity index (χ4n) is 2.24. The average molecular weight is 258 g/mol. The van der Waals surface area contributed by atoms with Crippen LogP contribution >= 0.6 is 0 Å². The molecule has 2 fully saturated rings. The van der Waals surface area contributed by atoms with Crippen LogP contribution in [0.5, 0.6) is 0 Å². The summed E-state index contributed by atoms with van der Waals surface area (Å²) in [7, 11) is 1.61. The lowest BCUT2D eigenvalue weighted by Gasteiger charge is -2.35. The third-order valence-corrected chi connectivity index (χ3v) is 3.41. The summed E-state index contributed by atoms with van der Waals surface area (Å²) < 4.78 is 21.6. The summed E-state index contributed by atoms with van der Waals surface area (Å²) in [6, 6.07) is 0. The van der Waals surface area contributed by atoms with E-state index in [0.717, 1.165) is 19.4 Å². The largest absolute Gasteiger partial charge is 0.382 e. The zero-order chi connectivity index (χ0) is 12.8. The van der Waals surface area contributed by atoms with Gasteiger partial charge in [-0.05, 0) is 19.3 Å². The van der Waals surface area contributed by atoms with Gasteiger partial charge in [-0.3, -0.25) is 4.79 Å². The molecule has 1 aliphatic carbocycles. The van der Waals surface area contributed by atoms with Crippen molar-refractivity contribution in [3.8, 4) is 0 Å². The summed E-state index contributed by atoms with van der Waals surface area (Å²) in [5.41, 5.74) is 0. The maximum absolute atomic E-state index is 11.4. The smallest absolute Gasteiger partial charge is 0.166 e. The number of ketones is 1. The molecule has 3 unspecified atom stereocenters. The van der Waals surface area contributed by atoms with E-state index in [1.54, 1.807) is 7.11 Å². The molecule has 1 heterocycles. The lowest BCUT2D eigenvalue weighted by Crippen LogP contribution is -2.51. The van der Waals surface area contributed by atoms with Gasteiger partial charge in [0.25, 0.3) is 0 Å². The molecule has 1 aliphatic heterocycles. The first kappa shape index (κ1) is 13.9. The normalized spacial score (nSPS) is 32.3. The molecule has 1 saturated carbocycles. The number of hydrogen-bond acceptors (Lipinski definition) is 5. The molecule has 0 amide bonds.